The van der Waals surface area contributed by atoms with Crippen molar-refractivity contribution in [1.82, 2.24) is 5.32 Å². The van der Waals surface area contributed by atoms with E-state index in [1.165, 1.54) is 0 Å². The van der Waals surface area contributed by atoms with E-state index in [1.54, 1.807) is 12.1 Å². The van der Waals surface area contributed by atoms with Crippen LogP contribution in [0.1, 0.15) is 42.9 Å². The van der Waals surface area contributed by atoms with Crippen molar-refractivity contribution in [2.24, 2.45) is 0 Å². The molecule has 0 aliphatic carbocycles. The minimum Gasteiger partial charge on any atom is -0.352 e. The lowest BCUT2D eigenvalue weighted by atomic mass is 9.98. The highest BCUT2D eigenvalue weighted by Gasteiger charge is 2.14. The molecule has 5 heteroatoms. The third kappa shape index (κ3) is 5.61. The van der Waals surface area contributed by atoms with Crippen LogP contribution >= 0.6 is 11.6 Å². The van der Waals surface area contributed by atoms with E-state index in [0.29, 0.717) is 11.6 Å². The molecule has 0 aliphatic rings. The zero-order valence-electron chi connectivity index (χ0n) is 14.7. The maximum Gasteiger partial charge on any atom is 0.233 e. The Morgan fingerprint density at radius 3 is 2.36 bits per heavy atom. The van der Waals surface area contributed by atoms with Crippen molar-refractivity contribution in [2.45, 2.75) is 39.7 Å². The number of anilines is 1. The average Bonchev–Trinajstić information content (AvgIpc) is 2.56. The van der Waals surface area contributed by atoms with Gasteiger partial charge in [0.1, 0.15) is 6.42 Å². The molecule has 0 fully saturated rings. The van der Waals surface area contributed by atoms with Gasteiger partial charge in [0, 0.05) is 17.3 Å². The van der Waals surface area contributed by atoms with E-state index >= 15 is 0 Å². The van der Waals surface area contributed by atoms with Crippen molar-refractivity contribution in [1.29, 1.82) is 0 Å². The van der Waals surface area contributed by atoms with Gasteiger partial charge in [0.25, 0.3) is 0 Å². The van der Waals surface area contributed by atoms with Crippen LogP contribution in [-0.2, 0) is 16.1 Å². The van der Waals surface area contributed by atoms with Crippen LogP contribution < -0.4 is 10.6 Å². The van der Waals surface area contributed by atoms with Gasteiger partial charge >= 0.3 is 0 Å². The summed E-state index contributed by atoms with van der Waals surface area (Å²) in [5, 5.41) is 6.27. The monoisotopic (exact) mass is 358 g/mol. The molecule has 0 atom stereocenters. The lowest BCUT2D eigenvalue weighted by molar-refractivity contribution is -0.126. The first kappa shape index (κ1) is 19.0. The maximum absolute atomic E-state index is 12.2. The van der Waals surface area contributed by atoms with Crippen molar-refractivity contribution >= 4 is 29.1 Å². The van der Waals surface area contributed by atoms with Crippen LogP contribution in [0.25, 0.3) is 0 Å². The number of rotatable bonds is 6. The molecule has 0 spiro atoms. The molecule has 0 heterocycles. The first-order chi connectivity index (χ1) is 11.9. The van der Waals surface area contributed by atoms with Gasteiger partial charge in [-0.3, -0.25) is 9.59 Å². The molecule has 2 amide bonds. The molecule has 2 rings (SSSR count). The van der Waals surface area contributed by atoms with Gasteiger partial charge in [0.05, 0.1) is 0 Å². The lowest BCUT2D eigenvalue weighted by Crippen LogP contribution is -2.28. The third-order valence-electron chi connectivity index (χ3n) is 3.92. The minimum atomic E-state index is -0.315. The number of aryl methyl sites for hydroxylation is 1. The molecule has 25 heavy (non-hydrogen) atoms. The number of hydrogen-bond acceptors (Lipinski definition) is 2. The van der Waals surface area contributed by atoms with Crippen LogP contribution in [0, 0.1) is 6.92 Å². The third-order valence-corrected chi connectivity index (χ3v) is 4.17. The quantitative estimate of drug-likeness (QED) is 0.751. The van der Waals surface area contributed by atoms with E-state index in [9.17, 15) is 9.59 Å². The van der Waals surface area contributed by atoms with Gasteiger partial charge in [-0.1, -0.05) is 55.8 Å². The van der Waals surface area contributed by atoms with Crippen molar-refractivity contribution in [2.75, 3.05) is 5.32 Å². The van der Waals surface area contributed by atoms with Gasteiger partial charge in [-0.2, -0.15) is 0 Å². The van der Waals surface area contributed by atoms with Crippen LogP contribution in [-0.4, -0.2) is 11.8 Å². The predicted molar refractivity (Wildman–Crippen MR) is 102 cm³/mol. The summed E-state index contributed by atoms with van der Waals surface area (Å²) in [6.45, 7) is 6.46. The molecule has 2 aromatic carbocycles. The summed E-state index contributed by atoms with van der Waals surface area (Å²) in [5.41, 5.74) is 3.78. The van der Waals surface area contributed by atoms with E-state index < -0.39 is 0 Å². The van der Waals surface area contributed by atoms with Gasteiger partial charge in [0.2, 0.25) is 11.8 Å². The first-order valence-corrected chi connectivity index (χ1v) is 8.65. The highest BCUT2D eigenvalue weighted by atomic mass is 35.5. The molecule has 0 aliphatic heterocycles. The summed E-state index contributed by atoms with van der Waals surface area (Å²) in [5.74, 6) is -0.342. The number of carbonyl (C=O) groups excluding carboxylic acids is 2. The molecule has 0 aromatic heterocycles. The normalized spacial score (nSPS) is 10.6. The summed E-state index contributed by atoms with van der Waals surface area (Å²) in [7, 11) is 0. The van der Waals surface area contributed by atoms with Crippen LogP contribution in [0.15, 0.2) is 42.5 Å². The summed E-state index contributed by atoms with van der Waals surface area (Å²) in [4.78, 5) is 24.2. The molecule has 4 nitrogen and oxygen atoms in total. The molecule has 0 bridgehead atoms. The van der Waals surface area contributed by atoms with Gasteiger partial charge in [-0.15, -0.1) is 0 Å². The van der Waals surface area contributed by atoms with Gasteiger partial charge in [-0.25, -0.2) is 0 Å². The Morgan fingerprint density at radius 2 is 1.72 bits per heavy atom. The van der Waals surface area contributed by atoms with Gasteiger partial charge in [0.15, 0.2) is 0 Å². The number of para-hydroxylation sites is 1. The number of amides is 2. The lowest BCUT2D eigenvalue weighted by Gasteiger charge is -2.16. The average molecular weight is 359 g/mol. The van der Waals surface area contributed by atoms with Crippen molar-refractivity contribution in [3.8, 4) is 0 Å². The van der Waals surface area contributed by atoms with Crippen LogP contribution in [0.5, 0.6) is 0 Å². The Morgan fingerprint density at radius 1 is 1.04 bits per heavy atom. The number of hydrogen-bond donors (Lipinski definition) is 2. The van der Waals surface area contributed by atoms with Crippen molar-refractivity contribution < 1.29 is 9.59 Å². The number of carbonyl (C=O) groups is 2. The molecule has 0 saturated heterocycles. The largest absolute Gasteiger partial charge is 0.352 e. The fourth-order valence-electron chi connectivity index (χ4n) is 2.54. The Bertz CT molecular complexity index is 755. The highest BCUT2D eigenvalue weighted by molar-refractivity contribution is 6.30. The standard InChI is InChI=1S/C20H23ClN2O2/c1-13(2)17-6-4-5-14(3)20(17)23-19(25)11-18(24)22-12-15-7-9-16(21)10-8-15/h4-10,13H,11-12H2,1-3H3,(H,22,24)(H,23,25). The SMILES string of the molecule is Cc1cccc(C(C)C)c1NC(=O)CC(=O)NCc1ccc(Cl)cc1. The van der Waals surface area contributed by atoms with Crippen LogP contribution in [0.3, 0.4) is 0 Å². The fraction of sp³-hybridized carbons (Fsp3) is 0.300. The summed E-state index contributed by atoms with van der Waals surface area (Å²) >= 11 is 5.83. The Kier molecular flexibility index (Phi) is 6.59. The predicted octanol–water partition coefficient (Wildman–Crippen LogP) is 4.42. The Hall–Kier alpha value is -2.33. The zero-order valence-corrected chi connectivity index (χ0v) is 15.5. The van der Waals surface area contributed by atoms with Crippen LogP contribution in [0.2, 0.25) is 5.02 Å². The van der Waals surface area contributed by atoms with Crippen molar-refractivity contribution in [3.05, 3.63) is 64.2 Å². The Balaban J connectivity index is 1.92. The fourth-order valence-corrected chi connectivity index (χ4v) is 2.66. The molecular formula is C20H23ClN2O2. The Labute approximate surface area is 153 Å². The first-order valence-electron chi connectivity index (χ1n) is 8.27. The number of halogens is 1. The topological polar surface area (TPSA) is 58.2 Å². The summed E-state index contributed by atoms with van der Waals surface area (Å²) in [6, 6.07) is 13.1. The molecule has 2 aromatic rings. The smallest absolute Gasteiger partial charge is 0.233 e. The van der Waals surface area contributed by atoms with Crippen molar-refractivity contribution in [3.63, 3.8) is 0 Å². The zero-order chi connectivity index (χ0) is 18.4. The number of nitrogens with one attached hydrogen (secondary N) is 2. The number of benzene rings is 2. The summed E-state index contributed by atoms with van der Waals surface area (Å²) in [6.07, 6.45) is -0.209. The molecular weight excluding hydrogens is 336 g/mol. The maximum atomic E-state index is 12.2. The minimum absolute atomic E-state index is 0.209. The van der Waals surface area contributed by atoms with E-state index in [0.717, 1.165) is 22.4 Å². The highest BCUT2D eigenvalue weighted by Crippen LogP contribution is 2.27. The second-order valence-corrected chi connectivity index (χ2v) is 6.76. The molecule has 132 valence electrons. The van der Waals surface area contributed by atoms with E-state index in [2.05, 4.69) is 24.5 Å². The second-order valence-electron chi connectivity index (χ2n) is 6.32. The molecule has 0 saturated carbocycles. The molecule has 2 N–H and O–H groups in total. The second kappa shape index (κ2) is 8.67. The van der Waals surface area contributed by atoms with Crippen LogP contribution in [0.4, 0.5) is 5.69 Å². The molecule has 0 radical (unpaired) electrons. The van der Waals surface area contributed by atoms with E-state index in [1.807, 2.05) is 37.3 Å². The van der Waals surface area contributed by atoms with Gasteiger partial charge in [-0.05, 0) is 41.7 Å². The van der Waals surface area contributed by atoms with E-state index in [4.69, 9.17) is 11.6 Å². The molecule has 0 unspecified atom stereocenters. The van der Waals surface area contributed by atoms with E-state index in [-0.39, 0.29) is 24.2 Å². The van der Waals surface area contributed by atoms with Gasteiger partial charge < -0.3 is 10.6 Å². The summed E-state index contributed by atoms with van der Waals surface area (Å²) < 4.78 is 0.